The molecule has 26 heavy (non-hydrogen) atoms. The second-order valence-corrected chi connectivity index (χ2v) is 6.22. The van der Waals surface area contributed by atoms with Crippen molar-refractivity contribution >= 4 is 12.2 Å². The molecule has 0 atom stereocenters. The predicted octanol–water partition coefficient (Wildman–Crippen LogP) is 6.55. The second kappa shape index (κ2) is 11.8. The van der Waals surface area contributed by atoms with Crippen LogP contribution >= 0.6 is 0 Å². The minimum Gasteiger partial charge on any atom is -0.494 e. The van der Waals surface area contributed by atoms with Gasteiger partial charge in [-0.1, -0.05) is 74.9 Å². The van der Waals surface area contributed by atoms with Crippen LogP contribution in [-0.2, 0) is 6.42 Å². The highest BCUT2D eigenvalue weighted by molar-refractivity contribution is 5.56. The number of rotatable bonds is 8. The molecule has 0 saturated carbocycles. The normalized spacial score (nSPS) is 10.8. The van der Waals surface area contributed by atoms with E-state index in [0.717, 1.165) is 37.2 Å². The third-order valence-electron chi connectivity index (χ3n) is 3.97. The quantitative estimate of drug-likeness (QED) is 0.390. The van der Waals surface area contributed by atoms with E-state index in [-0.39, 0.29) is 0 Å². The molecule has 0 spiro atoms. The van der Waals surface area contributed by atoms with E-state index in [9.17, 15) is 0 Å². The Morgan fingerprint density at radius 2 is 1.35 bits per heavy atom. The molecule has 0 saturated heterocycles. The highest BCUT2D eigenvalue weighted by Crippen LogP contribution is 2.13. The third-order valence-corrected chi connectivity index (χ3v) is 3.97. The fourth-order valence-electron chi connectivity index (χ4n) is 2.47. The van der Waals surface area contributed by atoms with Crippen LogP contribution in [0.2, 0.25) is 0 Å². The van der Waals surface area contributed by atoms with Gasteiger partial charge in [0.15, 0.2) is 0 Å². The van der Waals surface area contributed by atoms with Gasteiger partial charge in [-0.25, -0.2) is 0 Å². The monoisotopic (exact) mass is 344 g/mol. The van der Waals surface area contributed by atoms with Crippen molar-refractivity contribution in [3.05, 3.63) is 77.4 Å². The van der Waals surface area contributed by atoms with E-state index in [1.165, 1.54) is 17.5 Å². The number of hydrogen-bond donors (Lipinski definition) is 0. The zero-order valence-electron chi connectivity index (χ0n) is 15.9. The van der Waals surface area contributed by atoms with Gasteiger partial charge in [0.25, 0.3) is 0 Å². The summed E-state index contributed by atoms with van der Waals surface area (Å²) < 4.78 is 5.66. The van der Waals surface area contributed by atoms with Gasteiger partial charge < -0.3 is 4.74 Å². The second-order valence-electron chi connectivity index (χ2n) is 6.22. The Morgan fingerprint density at radius 1 is 0.769 bits per heavy atom. The van der Waals surface area contributed by atoms with E-state index in [1.54, 1.807) is 0 Å². The van der Waals surface area contributed by atoms with Crippen LogP contribution in [0.1, 0.15) is 49.8 Å². The maximum Gasteiger partial charge on any atom is 0.119 e. The Balaban J connectivity index is 1.81. The van der Waals surface area contributed by atoms with Gasteiger partial charge in [-0.2, -0.15) is 0 Å². The molecule has 0 aliphatic rings. The van der Waals surface area contributed by atoms with Crippen molar-refractivity contribution in [2.45, 2.75) is 39.5 Å². The minimum atomic E-state index is 0.783. The van der Waals surface area contributed by atoms with Crippen LogP contribution in [0.25, 0.3) is 12.2 Å². The zero-order chi connectivity index (χ0) is 18.5. The molecule has 0 unspecified atom stereocenters. The van der Waals surface area contributed by atoms with Crippen molar-refractivity contribution < 1.29 is 4.74 Å². The van der Waals surface area contributed by atoms with Gasteiger partial charge in [0.2, 0.25) is 0 Å². The average Bonchev–Trinajstić information content (AvgIpc) is 2.67. The summed E-state index contributed by atoms with van der Waals surface area (Å²) in [6, 6.07) is 16.8. The first-order valence-corrected chi connectivity index (χ1v) is 9.47. The van der Waals surface area contributed by atoms with Crippen LogP contribution in [0.4, 0.5) is 0 Å². The number of allylic oxidation sites excluding steroid dienone is 2. The van der Waals surface area contributed by atoms with Crippen molar-refractivity contribution in [1.29, 1.82) is 0 Å². The Hall–Kier alpha value is -2.72. The third kappa shape index (κ3) is 7.45. The number of hydrogen-bond acceptors (Lipinski definition) is 1. The molecular weight excluding hydrogens is 316 g/mol. The van der Waals surface area contributed by atoms with Crippen LogP contribution in [0.3, 0.4) is 0 Å². The molecule has 0 aromatic heterocycles. The van der Waals surface area contributed by atoms with Crippen LogP contribution < -0.4 is 4.74 Å². The molecular formula is C25H28O. The molecule has 0 fully saturated rings. The number of aryl methyl sites for hydroxylation is 1. The van der Waals surface area contributed by atoms with Gasteiger partial charge in [-0.3, -0.25) is 0 Å². The number of unbranched alkanes of at least 4 members (excludes halogenated alkanes) is 1. The van der Waals surface area contributed by atoms with Gasteiger partial charge in [-0.15, -0.1) is 0 Å². The van der Waals surface area contributed by atoms with E-state index >= 15 is 0 Å². The predicted molar refractivity (Wildman–Crippen MR) is 113 cm³/mol. The summed E-state index contributed by atoms with van der Waals surface area (Å²) in [6.45, 7) is 5.15. The zero-order valence-corrected chi connectivity index (χ0v) is 15.9. The largest absolute Gasteiger partial charge is 0.494 e. The van der Waals surface area contributed by atoms with Crippen LogP contribution in [0.15, 0.2) is 60.7 Å². The summed E-state index contributed by atoms with van der Waals surface area (Å²) in [6.07, 6.45) is 12.4. The SMILES string of the molecule is CCCCOc1ccc(/C=C/C#C/C=C/c2ccc(CCC)cc2)cc1. The lowest BCUT2D eigenvalue weighted by atomic mass is 10.1. The fourth-order valence-corrected chi connectivity index (χ4v) is 2.47. The van der Waals surface area contributed by atoms with Gasteiger partial charge in [0, 0.05) is 0 Å². The van der Waals surface area contributed by atoms with E-state index in [4.69, 9.17) is 4.74 Å². The Morgan fingerprint density at radius 3 is 1.88 bits per heavy atom. The van der Waals surface area contributed by atoms with E-state index in [2.05, 4.69) is 50.0 Å². The van der Waals surface area contributed by atoms with E-state index < -0.39 is 0 Å². The molecule has 0 aliphatic heterocycles. The lowest BCUT2D eigenvalue weighted by molar-refractivity contribution is 0.309. The fraction of sp³-hybridized carbons (Fsp3) is 0.280. The summed E-state index contributed by atoms with van der Waals surface area (Å²) in [4.78, 5) is 0. The van der Waals surface area contributed by atoms with Crippen molar-refractivity contribution in [1.82, 2.24) is 0 Å². The molecule has 0 heterocycles. The molecule has 2 rings (SSSR count). The summed E-state index contributed by atoms with van der Waals surface area (Å²) in [7, 11) is 0. The minimum absolute atomic E-state index is 0.783. The standard InChI is InChI=1S/C25H28O/c1-3-5-21-26-25-19-17-24(18-20-25)12-9-7-6-8-11-23-15-13-22(10-4-2)14-16-23/h8-9,11-20H,3-5,10,21H2,1-2H3/b11-8+,12-9+. The topological polar surface area (TPSA) is 9.23 Å². The first-order chi connectivity index (χ1) is 12.8. The van der Waals surface area contributed by atoms with Crippen LogP contribution in [-0.4, -0.2) is 6.61 Å². The van der Waals surface area contributed by atoms with E-state index in [0.29, 0.717) is 0 Å². The lowest BCUT2D eigenvalue weighted by Crippen LogP contribution is -1.95. The molecule has 0 amide bonds. The first-order valence-electron chi connectivity index (χ1n) is 9.47. The van der Waals surface area contributed by atoms with Gasteiger partial charge >= 0.3 is 0 Å². The molecule has 0 aliphatic carbocycles. The summed E-state index contributed by atoms with van der Waals surface area (Å²) >= 11 is 0. The highest BCUT2D eigenvalue weighted by Gasteiger charge is 1.93. The molecule has 2 aromatic rings. The average molecular weight is 344 g/mol. The van der Waals surface area contributed by atoms with E-state index in [1.807, 2.05) is 48.6 Å². The van der Waals surface area contributed by atoms with Gasteiger partial charge in [0.1, 0.15) is 5.75 Å². The lowest BCUT2D eigenvalue weighted by Gasteiger charge is -2.04. The molecule has 1 heteroatoms. The molecule has 134 valence electrons. The number of ether oxygens (including phenoxy) is 1. The molecule has 2 aromatic carbocycles. The van der Waals surface area contributed by atoms with Crippen molar-refractivity contribution in [2.75, 3.05) is 6.61 Å². The highest BCUT2D eigenvalue weighted by atomic mass is 16.5. The summed E-state index contributed by atoms with van der Waals surface area (Å²) in [5.74, 6) is 7.02. The Labute approximate surface area is 158 Å². The van der Waals surface area contributed by atoms with Crippen molar-refractivity contribution in [3.63, 3.8) is 0 Å². The van der Waals surface area contributed by atoms with Crippen molar-refractivity contribution in [2.24, 2.45) is 0 Å². The molecule has 0 bridgehead atoms. The maximum absolute atomic E-state index is 5.66. The van der Waals surface area contributed by atoms with Gasteiger partial charge in [-0.05, 0) is 66.0 Å². The smallest absolute Gasteiger partial charge is 0.119 e. The maximum atomic E-state index is 5.66. The first kappa shape index (κ1) is 19.6. The van der Waals surface area contributed by atoms with Crippen LogP contribution in [0.5, 0.6) is 5.75 Å². The number of benzene rings is 2. The van der Waals surface area contributed by atoms with Gasteiger partial charge in [0.05, 0.1) is 6.61 Å². The molecule has 1 nitrogen and oxygen atoms in total. The molecule has 0 N–H and O–H groups in total. The molecule has 0 radical (unpaired) electrons. The summed E-state index contributed by atoms with van der Waals surface area (Å²) in [5, 5.41) is 0. The summed E-state index contributed by atoms with van der Waals surface area (Å²) in [5.41, 5.74) is 3.69. The van der Waals surface area contributed by atoms with Crippen LogP contribution in [0, 0.1) is 11.8 Å². The Bertz CT molecular complexity index is 753. The van der Waals surface area contributed by atoms with Crippen molar-refractivity contribution in [3.8, 4) is 17.6 Å². The Kier molecular flexibility index (Phi) is 8.87.